The molecule has 2 N–H and O–H groups in total. The van der Waals surface area contributed by atoms with Crippen LogP contribution in [0.15, 0.2) is 24.4 Å². The monoisotopic (exact) mass is 234 g/mol. The lowest BCUT2D eigenvalue weighted by Crippen LogP contribution is -2.19. The van der Waals surface area contributed by atoms with Crippen molar-refractivity contribution in [1.82, 2.24) is 4.57 Å². The first-order valence-electron chi connectivity index (χ1n) is 5.61. The van der Waals surface area contributed by atoms with E-state index >= 15 is 0 Å². The zero-order chi connectivity index (χ0) is 11.3. The molecule has 0 atom stereocenters. The fourth-order valence-corrected chi connectivity index (χ4v) is 2.69. The second-order valence-corrected chi connectivity index (χ2v) is 5.24. The van der Waals surface area contributed by atoms with Crippen molar-refractivity contribution in [2.24, 2.45) is 12.8 Å². The zero-order valence-corrected chi connectivity index (χ0v) is 10.1. The average molecular weight is 235 g/mol. The molecule has 2 aromatic rings. The minimum atomic E-state index is 0.226. The summed E-state index contributed by atoms with van der Waals surface area (Å²) in [6.45, 7) is 0.735. The van der Waals surface area contributed by atoms with Crippen LogP contribution in [0.2, 0.25) is 5.02 Å². The second kappa shape index (κ2) is 3.25. The van der Waals surface area contributed by atoms with E-state index in [1.807, 2.05) is 6.07 Å². The van der Waals surface area contributed by atoms with Crippen LogP contribution in [0, 0.1) is 0 Å². The van der Waals surface area contributed by atoms with E-state index in [1.54, 1.807) is 0 Å². The first-order chi connectivity index (χ1) is 7.66. The highest BCUT2D eigenvalue weighted by molar-refractivity contribution is 6.31. The Balaban J connectivity index is 2.29. The normalized spacial score (nSPS) is 17.9. The number of nitrogens with two attached hydrogens (primary N) is 1. The Morgan fingerprint density at radius 2 is 2.19 bits per heavy atom. The lowest BCUT2D eigenvalue weighted by molar-refractivity contribution is 0.706. The van der Waals surface area contributed by atoms with Crippen LogP contribution in [0.4, 0.5) is 0 Å². The maximum Gasteiger partial charge on any atom is 0.0481 e. The summed E-state index contributed by atoms with van der Waals surface area (Å²) in [7, 11) is 2.08. The number of benzene rings is 1. The van der Waals surface area contributed by atoms with E-state index in [4.69, 9.17) is 17.3 Å². The van der Waals surface area contributed by atoms with Gasteiger partial charge < -0.3 is 10.3 Å². The molecular formula is C13H15ClN2. The molecule has 1 heterocycles. The molecule has 1 aliphatic rings. The van der Waals surface area contributed by atoms with Gasteiger partial charge in [0.25, 0.3) is 0 Å². The number of aromatic nitrogens is 1. The summed E-state index contributed by atoms with van der Waals surface area (Å²) in [6, 6.07) is 6.07. The maximum absolute atomic E-state index is 6.07. The van der Waals surface area contributed by atoms with Gasteiger partial charge >= 0.3 is 0 Å². The molecule has 0 amide bonds. The Bertz CT molecular complexity index is 552. The summed E-state index contributed by atoms with van der Waals surface area (Å²) in [5.74, 6) is 0. The summed E-state index contributed by atoms with van der Waals surface area (Å²) < 4.78 is 2.16. The summed E-state index contributed by atoms with van der Waals surface area (Å²) in [5, 5.41) is 2.06. The molecule has 84 valence electrons. The molecule has 1 aromatic carbocycles. The van der Waals surface area contributed by atoms with Crippen molar-refractivity contribution < 1.29 is 0 Å². The highest BCUT2D eigenvalue weighted by Gasteiger charge is 2.44. The van der Waals surface area contributed by atoms with Gasteiger partial charge in [-0.3, -0.25) is 0 Å². The number of halogens is 1. The Morgan fingerprint density at radius 3 is 2.81 bits per heavy atom. The third kappa shape index (κ3) is 1.30. The van der Waals surface area contributed by atoms with Gasteiger partial charge in [-0.25, -0.2) is 0 Å². The molecule has 2 nitrogen and oxygen atoms in total. The highest BCUT2D eigenvalue weighted by Crippen LogP contribution is 2.50. The summed E-state index contributed by atoms with van der Waals surface area (Å²) >= 11 is 6.07. The average Bonchev–Trinajstić information content (AvgIpc) is 3.00. The van der Waals surface area contributed by atoms with Crippen molar-refractivity contribution in [1.29, 1.82) is 0 Å². The summed E-state index contributed by atoms with van der Waals surface area (Å²) in [6.07, 6.45) is 4.62. The van der Waals surface area contributed by atoms with Crippen LogP contribution >= 0.6 is 11.6 Å². The predicted molar refractivity (Wildman–Crippen MR) is 67.9 cm³/mol. The zero-order valence-electron chi connectivity index (χ0n) is 9.33. The van der Waals surface area contributed by atoms with Crippen LogP contribution in [0.5, 0.6) is 0 Å². The lowest BCUT2D eigenvalue weighted by atomic mass is 9.96. The SMILES string of the molecule is Cn1cc(C2(CN)CC2)c2cc(Cl)ccc21. The first-order valence-corrected chi connectivity index (χ1v) is 5.99. The Morgan fingerprint density at radius 1 is 1.44 bits per heavy atom. The molecule has 1 aliphatic carbocycles. The molecule has 0 saturated heterocycles. The molecule has 1 aromatic heterocycles. The van der Waals surface area contributed by atoms with Gasteiger partial charge in [0.2, 0.25) is 0 Å². The van der Waals surface area contributed by atoms with Gasteiger partial charge in [0.1, 0.15) is 0 Å². The van der Waals surface area contributed by atoms with Crippen molar-refractivity contribution in [2.75, 3.05) is 6.54 Å². The first kappa shape index (κ1) is 10.2. The standard InChI is InChI=1S/C13H15ClN2/c1-16-7-11(13(8-15)4-5-13)10-6-9(14)2-3-12(10)16/h2-3,6-7H,4-5,8,15H2,1H3. The number of fused-ring (bicyclic) bond motifs is 1. The van der Waals surface area contributed by atoms with Crippen LogP contribution < -0.4 is 5.73 Å². The molecule has 1 fully saturated rings. The molecule has 0 unspecified atom stereocenters. The molecule has 0 aliphatic heterocycles. The van der Waals surface area contributed by atoms with Gasteiger partial charge in [-0.15, -0.1) is 0 Å². The van der Waals surface area contributed by atoms with Crippen LogP contribution in [-0.2, 0) is 12.5 Å². The third-order valence-electron chi connectivity index (χ3n) is 3.77. The predicted octanol–water partition coefficient (Wildman–Crippen LogP) is 2.82. The second-order valence-electron chi connectivity index (χ2n) is 4.80. The lowest BCUT2D eigenvalue weighted by Gasteiger charge is -2.10. The van der Waals surface area contributed by atoms with E-state index in [0.29, 0.717) is 0 Å². The van der Waals surface area contributed by atoms with Crippen molar-refractivity contribution in [3.05, 3.63) is 35.0 Å². The molecule has 0 radical (unpaired) electrons. The molecule has 3 rings (SSSR count). The molecule has 0 bridgehead atoms. The number of hydrogen-bond acceptors (Lipinski definition) is 1. The molecule has 3 heteroatoms. The van der Waals surface area contributed by atoms with Crippen molar-refractivity contribution in [3.63, 3.8) is 0 Å². The Hall–Kier alpha value is -0.990. The van der Waals surface area contributed by atoms with Gasteiger partial charge in [0.05, 0.1) is 0 Å². The number of aryl methyl sites for hydroxylation is 1. The summed E-state index contributed by atoms with van der Waals surface area (Å²) in [4.78, 5) is 0. The van der Waals surface area contributed by atoms with Crippen LogP contribution in [0.1, 0.15) is 18.4 Å². The van der Waals surface area contributed by atoms with E-state index in [9.17, 15) is 0 Å². The fourth-order valence-electron chi connectivity index (χ4n) is 2.52. The molecule has 0 spiro atoms. The minimum absolute atomic E-state index is 0.226. The van der Waals surface area contributed by atoms with Gasteiger partial charge in [0.15, 0.2) is 0 Å². The fraction of sp³-hybridized carbons (Fsp3) is 0.385. The minimum Gasteiger partial charge on any atom is -0.350 e. The van der Waals surface area contributed by atoms with Crippen molar-refractivity contribution >= 4 is 22.5 Å². The molecule has 1 saturated carbocycles. The smallest absolute Gasteiger partial charge is 0.0481 e. The topological polar surface area (TPSA) is 30.9 Å². The van der Waals surface area contributed by atoms with E-state index in [0.717, 1.165) is 11.6 Å². The van der Waals surface area contributed by atoms with Gasteiger partial charge in [0, 0.05) is 41.1 Å². The van der Waals surface area contributed by atoms with Crippen LogP contribution in [0.25, 0.3) is 10.9 Å². The van der Waals surface area contributed by atoms with Crippen LogP contribution in [0.3, 0.4) is 0 Å². The third-order valence-corrected chi connectivity index (χ3v) is 4.00. The van der Waals surface area contributed by atoms with Crippen molar-refractivity contribution in [2.45, 2.75) is 18.3 Å². The van der Waals surface area contributed by atoms with E-state index in [1.165, 1.54) is 29.3 Å². The van der Waals surface area contributed by atoms with Crippen LogP contribution in [-0.4, -0.2) is 11.1 Å². The van der Waals surface area contributed by atoms with Crippen molar-refractivity contribution in [3.8, 4) is 0 Å². The highest BCUT2D eigenvalue weighted by atomic mass is 35.5. The van der Waals surface area contributed by atoms with Gasteiger partial charge in [-0.2, -0.15) is 0 Å². The number of hydrogen-bond donors (Lipinski definition) is 1. The maximum atomic E-state index is 6.07. The van der Waals surface area contributed by atoms with Gasteiger partial charge in [-0.05, 0) is 36.6 Å². The summed E-state index contributed by atoms with van der Waals surface area (Å²) in [5.41, 5.74) is 8.73. The van der Waals surface area contributed by atoms with E-state index < -0.39 is 0 Å². The molecule has 16 heavy (non-hydrogen) atoms. The molecular weight excluding hydrogens is 220 g/mol. The van der Waals surface area contributed by atoms with E-state index in [2.05, 4.69) is 29.9 Å². The Kier molecular flexibility index (Phi) is 2.07. The largest absolute Gasteiger partial charge is 0.350 e. The quantitative estimate of drug-likeness (QED) is 0.851. The number of rotatable bonds is 2. The number of nitrogens with zero attached hydrogens (tertiary/aromatic N) is 1. The van der Waals surface area contributed by atoms with Gasteiger partial charge in [-0.1, -0.05) is 11.6 Å². The Labute approximate surface area is 100.0 Å². The van der Waals surface area contributed by atoms with E-state index in [-0.39, 0.29) is 5.41 Å².